The van der Waals surface area contributed by atoms with Crippen LogP contribution in [0.3, 0.4) is 0 Å². The van der Waals surface area contributed by atoms with Crippen molar-refractivity contribution in [2.45, 2.75) is 42.4 Å². The van der Waals surface area contributed by atoms with Gasteiger partial charge in [0.15, 0.2) is 9.84 Å². The van der Waals surface area contributed by atoms with E-state index in [4.69, 9.17) is 10.3 Å². The van der Waals surface area contributed by atoms with Crippen molar-refractivity contribution in [2.75, 3.05) is 0 Å². The van der Waals surface area contributed by atoms with Crippen LogP contribution in [0, 0.1) is 0 Å². The zero-order chi connectivity index (χ0) is 18.9. The Bertz CT molecular complexity index is 1020. The fourth-order valence-corrected chi connectivity index (χ4v) is 5.28. The first-order chi connectivity index (χ1) is 13.1. The second kappa shape index (κ2) is 7.25. The van der Waals surface area contributed by atoms with Crippen LogP contribution < -0.4 is 5.73 Å². The van der Waals surface area contributed by atoms with Gasteiger partial charge in [-0.1, -0.05) is 42.3 Å². The summed E-state index contributed by atoms with van der Waals surface area (Å²) in [5, 5.41) is 3.76. The average Bonchev–Trinajstić information content (AvgIpc) is 3.41. The number of aromatic nitrogens is 2. The molecule has 2 aromatic carbocycles. The van der Waals surface area contributed by atoms with E-state index in [-0.39, 0.29) is 5.25 Å². The first-order valence-electron chi connectivity index (χ1n) is 9.05. The van der Waals surface area contributed by atoms with Crippen molar-refractivity contribution >= 4 is 9.84 Å². The second-order valence-corrected chi connectivity index (χ2v) is 9.03. The number of benzene rings is 2. The summed E-state index contributed by atoms with van der Waals surface area (Å²) < 4.78 is 30.7. The van der Waals surface area contributed by atoms with Gasteiger partial charge in [0.1, 0.15) is 0 Å². The number of nitrogens with two attached hydrogens (primary N) is 1. The van der Waals surface area contributed by atoms with Crippen molar-refractivity contribution in [3.05, 3.63) is 54.1 Å². The Balaban J connectivity index is 1.56. The summed E-state index contributed by atoms with van der Waals surface area (Å²) in [5.41, 5.74) is 8.17. The standard InChI is InChI=1S/C20H21N3O3S/c21-13-14-5-7-15(8-6-14)19-22-20(26-23-19)16-9-11-18(12-10-16)27(24,25)17-3-1-2-4-17/h5-12,17H,1-4,13,21H2. The maximum atomic E-state index is 12.7. The predicted octanol–water partition coefficient (Wildman–Crippen LogP) is 3.58. The van der Waals surface area contributed by atoms with E-state index in [1.807, 2.05) is 24.3 Å². The summed E-state index contributed by atoms with van der Waals surface area (Å²) in [6, 6.07) is 14.3. The van der Waals surface area contributed by atoms with E-state index in [0.717, 1.165) is 36.8 Å². The molecule has 1 aliphatic rings. The second-order valence-electron chi connectivity index (χ2n) is 6.80. The normalized spacial score (nSPS) is 15.3. The Morgan fingerprint density at radius 3 is 2.22 bits per heavy atom. The van der Waals surface area contributed by atoms with Gasteiger partial charge in [0.2, 0.25) is 5.82 Å². The third-order valence-corrected chi connectivity index (χ3v) is 7.32. The Hall–Kier alpha value is -2.51. The van der Waals surface area contributed by atoms with Crippen molar-refractivity contribution in [3.8, 4) is 22.8 Å². The number of sulfone groups is 1. The van der Waals surface area contributed by atoms with Crippen LogP contribution >= 0.6 is 0 Å². The fourth-order valence-electron chi connectivity index (χ4n) is 3.43. The van der Waals surface area contributed by atoms with Crippen LogP contribution in [-0.4, -0.2) is 23.8 Å². The van der Waals surface area contributed by atoms with Gasteiger partial charge in [0.05, 0.1) is 10.1 Å². The molecule has 4 rings (SSSR count). The van der Waals surface area contributed by atoms with E-state index in [1.165, 1.54) is 0 Å². The largest absolute Gasteiger partial charge is 0.334 e. The van der Waals surface area contributed by atoms with E-state index in [2.05, 4.69) is 10.1 Å². The van der Waals surface area contributed by atoms with Crippen LogP contribution in [0.4, 0.5) is 0 Å². The summed E-state index contributed by atoms with van der Waals surface area (Å²) in [4.78, 5) is 4.77. The maximum absolute atomic E-state index is 12.7. The molecule has 1 fully saturated rings. The van der Waals surface area contributed by atoms with Crippen LogP contribution in [0.1, 0.15) is 31.2 Å². The van der Waals surface area contributed by atoms with Gasteiger partial charge >= 0.3 is 0 Å². The first kappa shape index (κ1) is 17.9. The van der Waals surface area contributed by atoms with Crippen molar-refractivity contribution in [3.63, 3.8) is 0 Å². The molecule has 0 amide bonds. The van der Waals surface area contributed by atoms with Gasteiger partial charge in [-0.25, -0.2) is 8.42 Å². The minimum atomic E-state index is -3.26. The van der Waals surface area contributed by atoms with E-state index >= 15 is 0 Å². The van der Waals surface area contributed by atoms with Crippen LogP contribution in [0.2, 0.25) is 0 Å². The molecule has 0 spiro atoms. The van der Waals surface area contributed by atoms with Gasteiger partial charge < -0.3 is 10.3 Å². The van der Waals surface area contributed by atoms with E-state index in [0.29, 0.717) is 28.7 Å². The molecule has 7 heteroatoms. The molecule has 1 heterocycles. The lowest BCUT2D eigenvalue weighted by molar-refractivity contribution is 0.432. The van der Waals surface area contributed by atoms with E-state index < -0.39 is 9.84 Å². The minimum Gasteiger partial charge on any atom is -0.334 e. The van der Waals surface area contributed by atoms with Crippen LogP contribution in [0.15, 0.2) is 57.9 Å². The van der Waals surface area contributed by atoms with E-state index in [9.17, 15) is 8.42 Å². The Morgan fingerprint density at radius 1 is 0.963 bits per heavy atom. The predicted molar refractivity (Wildman–Crippen MR) is 103 cm³/mol. The Labute approximate surface area is 158 Å². The molecule has 27 heavy (non-hydrogen) atoms. The summed E-state index contributed by atoms with van der Waals surface area (Å²) in [6.07, 6.45) is 3.47. The minimum absolute atomic E-state index is 0.255. The molecule has 0 bridgehead atoms. The van der Waals surface area contributed by atoms with Gasteiger partial charge in [-0.3, -0.25) is 0 Å². The van der Waals surface area contributed by atoms with Crippen LogP contribution in [0.25, 0.3) is 22.8 Å². The molecule has 140 valence electrons. The summed E-state index contributed by atoms with van der Waals surface area (Å²) in [7, 11) is -3.26. The van der Waals surface area contributed by atoms with Gasteiger partial charge in [0, 0.05) is 17.7 Å². The molecule has 2 N–H and O–H groups in total. The quantitative estimate of drug-likeness (QED) is 0.723. The van der Waals surface area contributed by atoms with Gasteiger partial charge in [-0.05, 0) is 42.7 Å². The van der Waals surface area contributed by atoms with Crippen molar-refractivity contribution < 1.29 is 12.9 Å². The molecule has 0 aliphatic heterocycles. The maximum Gasteiger partial charge on any atom is 0.258 e. The number of hydrogen-bond donors (Lipinski definition) is 1. The summed E-state index contributed by atoms with van der Waals surface area (Å²) >= 11 is 0. The van der Waals surface area contributed by atoms with Crippen molar-refractivity contribution in [1.82, 2.24) is 10.1 Å². The Kier molecular flexibility index (Phi) is 4.80. The zero-order valence-corrected chi connectivity index (χ0v) is 15.7. The molecule has 0 radical (unpaired) electrons. The highest BCUT2D eigenvalue weighted by Crippen LogP contribution is 2.31. The lowest BCUT2D eigenvalue weighted by Crippen LogP contribution is -2.17. The molecule has 0 atom stereocenters. The molecule has 0 unspecified atom stereocenters. The molecular formula is C20H21N3O3S. The SMILES string of the molecule is NCc1ccc(-c2noc(-c3ccc(S(=O)(=O)C4CCCC4)cc3)n2)cc1. The average molecular weight is 383 g/mol. The Morgan fingerprint density at radius 2 is 1.59 bits per heavy atom. The molecule has 1 saturated carbocycles. The van der Waals surface area contributed by atoms with Crippen LogP contribution in [-0.2, 0) is 16.4 Å². The van der Waals surface area contributed by atoms with Crippen molar-refractivity contribution in [2.24, 2.45) is 5.73 Å². The molecule has 0 saturated heterocycles. The monoisotopic (exact) mass is 383 g/mol. The van der Waals surface area contributed by atoms with Gasteiger partial charge in [-0.15, -0.1) is 0 Å². The molecule has 3 aromatic rings. The van der Waals surface area contributed by atoms with Crippen LogP contribution in [0.5, 0.6) is 0 Å². The highest BCUT2D eigenvalue weighted by atomic mass is 32.2. The molecular weight excluding hydrogens is 362 g/mol. The van der Waals surface area contributed by atoms with E-state index in [1.54, 1.807) is 24.3 Å². The highest BCUT2D eigenvalue weighted by Gasteiger charge is 2.30. The smallest absolute Gasteiger partial charge is 0.258 e. The zero-order valence-electron chi connectivity index (χ0n) is 14.8. The molecule has 1 aromatic heterocycles. The number of rotatable bonds is 5. The van der Waals surface area contributed by atoms with Gasteiger partial charge in [-0.2, -0.15) is 4.98 Å². The third-order valence-electron chi connectivity index (χ3n) is 5.04. The lowest BCUT2D eigenvalue weighted by Gasteiger charge is -2.11. The number of hydrogen-bond acceptors (Lipinski definition) is 6. The highest BCUT2D eigenvalue weighted by molar-refractivity contribution is 7.92. The molecule has 6 nitrogen and oxygen atoms in total. The molecule has 1 aliphatic carbocycles. The third kappa shape index (κ3) is 3.52. The topological polar surface area (TPSA) is 99.1 Å². The summed E-state index contributed by atoms with van der Waals surface area (Å²) in [6.45, 7) is 0.480. The van der Waals surface area contributed by atoms with Gasteiger partial charge in [0.25, 0.3) is 5.89 Å². The first-order valence-corrected chi connectivity index (χ1v) is 10.6. The summed E-state index contributed by atoms with van der Waals surface area (Å²) in [5.74, 6) is 0.842. The number of nitrogens with zero attached hydrogens (tertiary/aromatic N) is 2. The fraction of sp³-hybridized carbons (Fsp3) is 0.300. The lowest BCUT2D eigenvalue weighted by atomic mass is 10.1. The van der Waals surface area contributed by atoms with Crippen molar-refractivity contribution in [1.29, 1.82) is 0 Å².